The number of aryl methyl sites for hydroxylation is 2. The maximum absolute atomic E-state index is 12.4. The van der Waals surface area contributed by atoms with Crippen LogP contribution in [0.15, 0.2) is 30.3 Å². The Hall–Kier alpha value is -2.96. The Morgan fingerprint density at radius 2 is 1.73 bits per heavy atom. The van der Waals surface area contributed by atoms with Gasteiger partial charge in [0, 0.05) is 38.8 Å². The number of amides is 2. The maximum Gasteiger partial charge on any atom is 0.276 e. The minimum Gasteiger partial charge on any atom is -0.352 e. The van der Waals surface area contributed by atoms with E-state index in [1.807, 2.05) is 36.9 Å². The monoisotopic (exact) mass is 353 g/mol. The minimum atomic E-state index is -0.280. The third kappa shape index (κ3) is 3.99. The molecule has 1 aromatic carbocycles. The van der Waals surface area contributed by atoms with Crippen LogP contribution in [0.5, 0.6) is 0 Å². The number of nitrogens with one attached hydrogen (secondary N) is 1. The van der Waals surface area contributed by atoms with Gasteiger partial charge in [-0.25, -0.2) is 0 Å². The van der Waals surface area contributed by atoms with Gasteiger partial charge in [-0.2, -0.15) is 0 Å². The number of nitrogens with zero attached hydrogens (tertiary/aromatic N) is 4. The molecule has 0 spiro atoms. The number of carbonyl (C=O) groups is 2. The number of carbonyl (C=O) groups excluding carboxylic acids is 2. The van der Waals surface area contributed by atoms with E-state index in [-0.39, 0.29) is 17.5 Å². The zero-order chi connectivity index (χ0) is 18.7. The number of aromatic nitrogens is 2. The summed E-state index contributed by atoms with van der Waals surface area (Å²) in [4.78, 5) is 27.7. The summed E-state index contributed by atoms with van der Waals surface area (Å²) < 4.78 is 0. The van der Waals surface area contributed by atoms with E-state index in [0.29, 0.717) is 26.2 Å². The van der Waals surface area contributed by atoms with Crippen molar-refractivity contribution in [3.05, 3.63) is 47.2 Å². The highest BCUT2D eigenvalue weighted by atomic mass is 16.2. The summed E-state index contributed by atoms with van der Waals surface area (Å²) in [5, 5.41) is 11.1. The molecule has 0 unspecified atom stereocenters. The van der Waals surface area contributed by atoms with Crippen molar-refractivity contribution in [2.24, 2.45) is 0 Å². The quantitative estimate of drug-likeness (QED) is 0.913. The van der Waals surface area contributed by atoms with Gasteiger partial charge in [0.15, 0.2) is 11.5 Å². The van der Waals surface area contributed by atoms with E-state index < -0.39 is 0 Å². The van der Waals surface area contributed by atoms with Crippen LogP contribution in [-0.4, -0.2) is 53.1 Å². The van der Waals surface area contributed by atoms with Crippen LogP contribution >= 0.6 is 0 Å². The molecule has 0 atom stereocenters. The van der Waals surface area contributed by atoms with Gasteiger partial charge in [0.25, 0.3) is 5.91 Å². The molecule has 0 aliphatic carbocycles. The molecule has 3 rings (SSSR count). The van der Waals surface area contributed by atoms with Gasteiger partial charge in [0.05, 0.1) is 0 Å². The second kappa shape index (κ2) is 7.51. The Kier molecular flexibility index (Phi) is 5.16. The summed E-state index contributed by atoms with van der Waals surface area (Å²) in [7, 11) is 0. The summed E-state index contributed by atoms with van der Waals surface area (Å²) in [6.07, 6.45) is 0. The molecule has 1 aliphatic heterocycles. The van der Waals surface area contributed by atoms with E-state index in [0.717, 1.165) is 22.6 Å². The van der Waals surface area contributed by atoms with Gasteiger partial charge in [-0.05, 0) is 37.6 Å². The molecular weight excluding hydrogens is 330 g/mol. The van der Waals surface area contributed by atoms with Crippen molar-refractivity contribution in [3.63, 3.8) is 0 Å². The third-order valence-electron chi connectivity index (χ3n) is 4.56. The molecule has 26 heavy (non-hydrogen) atoms. The first-order valence-corrected chi connectivity index (χ1v) is 8.67. The Bertz CT molecular complexity index is 811. The summed E-state index contributed by atoms with van der Waals surface area (Å²) in [6.45, 7) is 8.32. The molecule has 1 saturated heterocycles. The first-order valence-electron chi connectivity index (χ1n) is 8.67. The van der Waals surface area contributed by atoms with Gasteiger partial charge < -0.3 is 15.1 Å². The van der Waals surface area contributed by atoms with E-state index in [2.05, 4.69) is 20.4 Å². The molecule has 7 heteroatoms. The molecule has 1 N–H and O–H groups in total. The van der Waals surface area contributed by atoms with Crippen LogP contribution in [0.25, 0.3) is 0 Å². The van der Waals surface area contributed by atoms with Crippen LogP contribution in [0.4, 0.5) is 11.5 Å². The van der Waals surface area contributed by atoms with Crippen molar-refractivity contribution in [3.8, 4) is 0 Å². The van der Waals surface area contributed by atoms with Gasteiger partial charge in [-0.1, -0.05) is 17.7 Å². The van der Waals surface area contributed by atoms with E-state index in [9.17, 15) is 9.59 Å². The van der Waals surface area contributed by atoms with Gasteiger partial charge >= 0.3 is 0 Å². The number of rotatable bonds is 3. The minimum absolute atomic E-state index is 0.0918. The lowest BCUT2D eigenvalue weighted by atomic mass is 10.1. The van der Waals surface area contributed by atoms with Gasteiger partial charge in [-0.15, -0.1) is 10.2 Å². The van der Waals surface area contributed by atoms with Crippen molar-refractivity contribution >= 4 is 23.3 Å². The first-order chi connectivity index (χ1) is 12.4. The molecule has 0 radical (unpaired) electrons. The average molecular weight is 353 g/mol. The summed E-state index contributed by atoms with van der Waals surface area (Å²) >= 11 is 0. The zero-order valence-electron chi connectivity index (χ0n) is 15.3. The second-order valence-corrected chi connectivity index (χ2v) is 6.54. The number of hydrogen-bond donors (Lipinski definition) is 1. The molecule has 0 bridgehead atoms. The van der Waals surface area contributed by atoms with Crippen molar-refractivity contribution in [2.75, 3.05) is 36.4 Å². The predicted molar refractivity (Wildman–Crippen MR) is 100 cm³/mol. The molecule has 2 aromatic rings. The largest absolute Gasteiger partial charge is 0.352 e. The van der Waals surface area contributed by atoms with Gasteiger partial charge in [0.2, 0.25) is 5.91 Å². The van der Waals surface area contributed by atoms with E-state index in [1.54, 1.807) is 19.1 Å². The van der Waals surface area contributed by atoms with E-state index >= 15 is 0 Å². The van der Waals surface area contributed by atoms with Crippen molar-refractivity contribution < 1.29 is 9.59 Å². The molecule has 1 fully saturated rings. The Balaban J connectivity index is 1.64. The SMILES string of the molecule is CC(=O)N1CCN(c2ccc(C(=O)Nc3ccc(C)cc3C)nn2)CC1. The maximum atomic E-state index is 12.4. The van der Waals surface area contributed by atoms with Crippen LogP contribution in [0, 0.1) is 13.8 Å². The molecule has 0 saturated carbocycles. The highest BCUT2D eigenvalue weighted by Gasteiger charge is 2.20. The van der Waals surface area contributed by atoms with Crippen LogP contribution in [-0.2, 0) is 4.79 Å². The summed E-state index contributed by atoms with van der Waals surface area (Å²) in [5.74, 6) is 0.530. The molecular formula is C19H23N5O2. The summed E-state index contributed by atoms with van der Waals surface area (Å²) in [5.41, 5.74) is 3.20. The third-order valence-corrected chi connectivity index (χ3v) is 4.56. The van der Waals surface area contributed by atoms with Gasteiger partial charge in [0.1, 0.15) is 0 Å². The fourth-order valence-electron chi connectivity index (χ4n) is 3.01. The Labute approximate surface area is 153 Å². The van der Waals surface area contributed by atoms with Crippen LogP contribution in [0.2, 0.25) is 0 Å². The molecule has 136 valence electrons. The van der Waals surface area contributed by atoms with Gasteiger partial charge in [-0.3, -0.25) is 9.59 Å². The van der Waals surface area contributed by atoms with Crippen LogP contribution < -0.4 is 10.2 Å². The number of anilines is 2. The molecule has 1 aromatic heterocycles. The fraction of sp³-hybridized carbons (Fsp3) is 0.368. The Morgan fingerprint density at radius 3 is 2.31 bits per heavy atom. The van der Waals surface area contributed by atoms with Crippen LogP contribution in [0.3, 0.4) is 0 Å². The van der Waals surface area contributed by atoms with E-state index in [1.165, 1.54) is 0 Å². The fourth-order valence-corrected chi connectivity index (χ4v) is 3.01. The second-order valence-electron chi connectivity index (χ2n) is 6.54. The average Bonchev–Trinajstić information content (AvgIpc) is 2.64. The molecule has 1 aliphatic rings. The number of benzene rings is 1. The smallest absolute Gasteiger partial charge is 0.276 e. The zero-order valence-corrected chi connectivity index (χ0v) is 15.3. The molecule has 7 nitrogen and oxygen atoms in total. The first kappa shape index (κ1) is 17.8. The normalized spacial score (nSPS) is 14.3. The van der Waals surface area contributed by atoms with Crippen molar-refractivity contribution in [1.82, 2.24) is 15.1 Å². The van der Waals surface area contributed by atoms with E-state index in [4.69, 9.17) is 0 Å². The summed E-state index contributed by atoms with van der Waals surface area (Å²) in [6, 6.07) is 9.34. The van der Waals surface area contributed by atoms with Crippen molar-refractivity contribution in [2.45, 2.75) is 20.8 Å². The van der Waals surface area contributed by atoms with Crippen LogP contribution in [0.1, 0.15) is 28.5 Å². The lowest BCUT2D eigenvalue weighted by Crippen LogP contribution is -2.48. The predicted octanol–water partition coefficient (Wildman–Crippen LogP) is 2.01. The highest BCUT2D eigenvalue weighted by molar-refractivity contribution is 6.03. The van der Waals surface area contributed by atoms with Crippen molar-refractivity contribution in [1.29, 1.82) is 0 Å². The topological polar surface area (TPSA) is 78.4 Å². The number of piperazine rings is 1. The standard InChI is InChI=1S/C19H23N5O2/c1-13-4-5-16(14(2)12-13)20-19(26)17-6-7-18(22-21-17)24-10-8-23(9-11-24)15(3)25/h4-7,12H,8-11H2,1-3H3,(H,20,26). The lowest BCUT2D eigenvalue weighted by Gasteiger charge is -2.34. The lowest BCUT2D eigenvalue weighted by molar-refractivity contribution is -0.129. The number of hydrogen-bond acceptors (Lipinski definition) is 5. The Morgan fingerprint density at radius 1 is 1.00 bits per heavy atom. The molecule has 2 heterocycles. The highest BCUT2D eigenvalue weighted by Crippen LogP contribution is 2.17. The molecule has 2 amide bonds.